The van der Waals surface area contributed by atoms with Crippen LogP contribution in [0.25, 0.3) is 0 Å². The van der Waals surface area contributed by atoms with Crippen LogP contribution in [0.15, 0.2) is 12.1 Å². The van der Waals surface area contributed by atoms with Crippen molar-refractivity contribution < 1.29 is 18.0 Å². The van der Waals surface area contributed by atoms with Gasteiger partial charge >= 0.3 is 0 Å². The van der Waals surface area contributed by atoms with E-state index in [0.29, 0.717) is 25.9 Å². The van der Waals surface area contributed by atoms with E-state index in [9.17, 15) is 18.0 Å². The number of rotatable bonds is 4. The van der Waals surface area contributed by atoms with Crippen LogP contribution >= 0.6 is 0 Å². The molecular formula is C15H16F3N3O. The van der Waals surface area contributed by atoms with Gasteiger partial charge in [-0.25, -0.2) is 13.2 Å². The summed E-state index contributed by atoms with van der Waals surface area (Å²) >= 11 is 0. The number of nitrogens with zero attached hydrogens (tertiary/aromatic N) is 2. The van der Waals surface area contributed by atoms with Gasteiger partial charge in [0.15, 0.2) is 17.5 Å². The highest BCUT2D eigenvalue weighted by Crippen LogP contribution is 2.22. The zero-order chi connectivity index (χ0) is 16.1. The van der Waals surface area contributed by atoms with Gasteiger partial charge in [-0.2, -0.15) is 5.26 Å². The molecule has 1 heterocycles. The summed E-state index contributed by atoms with van der Waals surface area (Å²) in [5, 5.41) is 10.9. The molecule has 0 bridgehead atoms. The van der Waals surface area contributed by atoms with Gasteiger partial charge in [-0.1, -0.05) is 0 Å². The molecule has 2 rings (SSSR count). The molecule has 0 spiro atoms. The van der Waals surface area contributed by atoms with Crippen LogP contribution in [0.1, 0.15) is 19.3 Å². The van der Waals surface area contributed by atoms with Crippen molar-refractivity contribution in [2.24, 2.45) is 5.92 Å². The van der Waals surface area contributed by atoms with E-state index in [1.807, 2.05) is 11.0 Å². The number of anilines is 1. The molecule has 0 aliphatic carbocycles. The van der Waals surface area contributed by atoms with Gasteiger partial charge in [0.05, 0.1) is 17.7 Å². The van der Waals surface area contributed by atoms with Crippen molar-refractivity contribution in [1.82, 2.24) is 4.90 Å². The molecule has 0 saturated carbocycles. The van der Waals surface area contributed by atoms with E-state index in [1.54, 1.807) is 0 Å². The highest BCUT2D eigenvalue weighted by molar-refractivity contribution is 5.92. The maximum Gasteiger partial charge on any atom is 0.228 e. The van der Waals surface area contributed by atoms with Crippen LogP contribution in [-0.4, -0.2) is 30.4 Å². The normalized spacial score (nSPS) is 18.7. The summed E-state index contributed by atoms with van der Waals surface area (Å²) < 4.78 is 39.6. The first-order valence-corrected chi connectivity index (χ1v) is 7.06. The molecule has 4 nitrogen and oxygen atoms in total. The number of likely N-dealkylation sites (tertiary alicyclic amines) is 1. The third-order valence-electron chi connectivity index (χ3n) is 3.71. The van der Waals surface area contributed by atoms with E-state index < -0.39 is 23.4 Å². The van der Waals surface area contributed by atoms with Crippen LogP contribution in [0.5, 0.6) is 0 Å². The van der Waals surface area contributed by atoms with Crippen molar-refractivity contribution in [2.45, 2.75) is 19.3 Å². The summed E-state index contributed by atoms with van der Waals surface area (Å²) in [4.78, 5) is 14.1. The Balaban J connectivity index is 2.00. The second-order valence-corrected chi connectivity index (χ2v) is 5.26. The summed E-state index contributed by atoms with van der Waals surface area (Å²) in [7, 11) is 0. The van der Waals surface area contributed by atoms with Crippen molar-refractivity contribution >= 4 is 11.6 Å². The fourth-order valence-corrected chi connectivity index (χ4v) is 2.54. The fourth-order valence-electron chi connectivity index (χ4n) is 2.54. The van der Waals surface area contributed by atoms with Crippen molar-refractivity contribution in [1.29, 1.82) is 5.26 Å². The number of hydrogen-bond acceptors (Lipinski definition) is 3. The molecule has 1 fully saturated rings. The summed E-state index contributed by atoms with van der Waals surface area (Å²) in [5.74, 6) is -5.08. The number of amides is 1. The largest absolute Gasteiger partial charge is 0.323 e. The number of halogens is 3. The Morgan fingerprint density at radius 1 is 1.36 bits per heavy atom. The average molecular weight is 311 g/mol. The van der Waals surface area contributed by atoms with Crippen LogP contribution in [0, 0.1) is 34.7 Å². The number of nitriles is 1. The van der Waals surface area contributed by atoms with E-state index in [-0.39, 0.29) is 11.6 Å². The minimum Gasteiger partial charge on any atom is -0.323 e. The quantitative estimate of drug-likeness (QED) is 0.870. The Morgan fingerprint density at radius 2 is 2.14 bits per heavy atom. The van der Waals surface area contributed by atoms with Gasteiger partial charge in [0.25, 0.3) is 0 Å². The minimum atomic E-state index is -1.60. The molecular weight excluding hydrogens is 295 g/mol. The van der Waals surface area contributed by atoms with Gasteiger partial charge in [-0.15, -0.1) is 0 Å². The smallest absolute Gasteiger partial charge is 0.228 e. The van der Waals surface area contributed by atoms with Crippen LogP contribution in [0.2, 0.25) is 0 Å². The van der Waals surface area contributed by atoms with E-state index in [4.69, 9.17) is 5.26 Å². The number of carbonyl (C=O) groups excluding carboxylic acids is 1. The monoisotopic (exact) mass is 311 g/mol. The lowest BCUT2D eigenvalue weighted by molar-refractivity contribution is -0.121. The van der Waals surface area contributed by atoms with Crippen molar-refractivity contribution in [3.63, 3.8) is 0 Å². The van der Waals surface area contributed by atoms with Crippen molar-refractivity contribution in [2.75, 3.05) is 25.0 Å². The summed E-state index contributed by atoms with van der Waals surface area (Å²) in [6.07, 6.45) is 1.82. The molecule has 1 saturated heterocycles. The zero-order valence-corrected chi connectivity index (χ0v) is 11.9. The average Bonchev–Trinajstić information content (AvgIpc) is 2.53. The standard InChI is InChI=1S/C15H16F3N3O/c16-11-4-5-12(14(18)13(11)17)20-15(22)10-3-1-7-21(9-10)8-2-6-19/h4-5,10H,1-3,7-9H2,(H,20,22). The number of carbonyl (C=O) groups is 1. The van der Waals surface area contributed by atoms with Crippen LogP contribution in [0.3, 0.4) is 0 Å². The predicted octanol–water partition coefficient (Wildman–Crippen LogP) is 2.67. The second-order valence-electron chi connectivity index (χ2n) is 5.26. The molecule has 1 aromatic carbocycles. The SMILES string of the molecule is N#CCCN1CCCC(C(=O)Nc2ccc(F)c(F)c2F)C1. The third kappa shape index (κ3) is 3.77. The van der Waals surface area contributed by atoms with Crippen molar-refractivity contribution in [3.05, 3.63) is 29.6 Å². The number of hydrogen-bond donors (Lipinski definition) is 1. The van der Waals surface area contributed by atoms with Gasteiger partial charge in [-0.3, -0.25) is 4.79 Å². The van der Waals surface area contributed by atoms with Crippen LogP contribution < -0.4 is 5.32 Å². The van der Waals surface area contributed by atoms with Crippen molar-refractivity contribution in [3.8, 4) is 6.07 Å². The molecule has 0 radical (unpaired) electrons. The highest BCUT2D eigenvalue weighted by Gasteiger charge is 2.26. The van der Waals surface area contributed by atoms with Gasteiger partial charge in [-0.05, 0) is 31.5 Å². The lowest BCUT2D eigenvalue weighted by Crippen LogP contribution is -2.41. The molecule has 1 N–H and O–H groups in total. The molecule has 1 atom stereocenters. The van der Waals surface area contributed by atoms with E-state index in [1.165, 1.54) is 0 Å². The first-order chi connectivity index (χ1) is 10.5. The van der Waals surface area contributed by atoms with E-state index >= 15 is 0 Å². The maximum atomic E-state index is 13.6. The molecule has 1 aliphatic heterocycles. The molecule has 7 heteroatoms. The lowest BCUT2D eigenvalue weighted by atomic mass is 9.97. The predicted molar refractivity (Wildman–Crippen MR) is 74.3 cm³/mol. The molecule has 22 heavy (non-hydrogen) atoms. The van der Waals surface area contributed by atoms with Gasteiger partial charge in [0.1, 0.15) is 0 Å². The molecule has 1 aliphatic rings. The van der Waals surface area contributed by atoms with E-state index in [0.717, 1.165) is 25.1 Å². The van der Waals surface area contributed by atoms with Gasteiger partial charge < -0.3 is 10.2 Å². The summed E-state index contributed by atoms with van der Waals surface area (Å²) in [5.41, 5.74) is -0.363. The zero-order valence-electron chi connectivity index (χ0n) is 11.9. The molecule has 118 valence electrons. The van der Waals surface area contributed by atoms with Gasteiger partial charge in [0, 0.05) is 19.5 Å². The molecule has 0 aromatic heterocycles. The van der Waals surface area contributed by atoms with Gasteiger partial charge in [0.2, 0.25) is 5.91 Å². The Hall–Kier alpha value is -2.07. The fraction of sp³-hybridized carbons (Fsp3) is 0.467. The Kier molecular flexibility index (Phi) is 5.39. The second kappa shape index (κ2) is 7.27. The summed E-state index contributed by atoms with van der Waals surface area (Å²) in [6.45, 7) is 1.86. The Labute approximate surface area is 126 Å². The highest BCUT2D eigenvalue weighted by atomic mass is 19.2. The molecule has 1 unspecified atom stereocenters. The first kappa shape index (κ1) is 16.3. The summed E-state index contributed by atoms with van der Waals surface area (Å²) in [6, 6.07) is 3.82. The van der Waals surface area contributed by atoms with Crippen LogP contribution in [0.4, 0.5) is 18.9 Å². The molecule has 1 amide bonds. The number of piperidine rings is 1. The third-order valence-corrected chi connectivity index (χ3v) is 3.71. The number of nitrogens with one attached hydrogen (secondary N) is 1. The maximum absolute atomic E-state index is 13.6. The topological polar surface area (TPSA) is 56.1 Å². The first-order valence-electron chi connectivity index (χ1n) is 7.06. The lowest BCUT2D eigenvalue weighted by Gasteiger charge is -2.31. The number of benzene rings is 1. The Bertz CT molecular complexity index is 600. The molecule has 1 aromatic rings. The van der Waals surface area contributed by atoms with Crippen LogP contribution in [-0.2, 0) is 4.79 Å². The Morgan fingerprint density at radius 3 is 2.86 bits per heavy atom. The van der Waals surface area contributed by atoms with E-state index in [2.05, 4.69) is 5.32 Å². The minimum absolute atomic E-state index is 0.361.